The summed E-state index contributed by atoms with van der Waals surface area (Å²) in [6, 6.07) is 0. The lowest BCUT2D eigenvalue weighted by molar-refractivity contribution is -0.130. The van der Waals surface area contributed by atoms with Crippen molar-refractivity contribution in [2.75, 3.05) is 32.9 Å². The van der Waals surface area contributed by atoms with Gasteiger partial charge in [-0.2, -0.15) is 0 Å². The van der Waals surface area contributed by atoms with E-state index in [1.54, 1.807) is 0 Å². The molecule has 0 rings (SSSR count). The smallest absolute Gasteiger partial charge is 0.225 e. The highest BCUT2D eigenvalue weighted by Gasteiger charge is 2.31. The van der Waals surface area contributed by atoms with E-state index in [4.69, 9.17) is 9.47 Å². The predicted molar refractivity (Wildman–Crippen MR) is 151 cm³/mol. The van der Waals surface area contributed by atoms with Gasteiger partial charge in [0.05, 0.1) is 25.2 Å². The van der Waals surface area contributed by atoms with Gasteiger partial charge in [0.15, 0.2) is 0 Å². The highest BCUT2D eigenvalue weighted by Crippen LogP contribution is 2.31. The van der Waals surface area contributed by atoms with Gasteiger partial charge in [-0.05, 0) is 44.4 Å². The van der Waals surface area contributed by atoms with Gasteiger partial charge in [0.1, 0.15) is 0 Å². The van der Waals surface area contributed by atoms with Crippen molar-refractivity contribution >= 4 is 11.8 Å². The molecule has 0 aliphatic rings. The molecular formula is C30H60N2O4. The first-order chi connectivity index (χ1) is 16.1. The van der Waals surface area contributed by atoms with E-state index in [9.17, 15) is 9.59 Å². The van der Waals surface area contributed by atoms with Crippen LogP contribution < -0.4 is 10.6 Å². The second kappa shape index (κ2) is 14.1. The van der Waals surface area contributed by atoms with Crippen LogP contribution in [0.5, 0.6) is 0 Å². The second-order valence-corrected chi connectivity index (χ2v) is 15.2. The van der Waals surface area contributed by atoms with Crippen LogP contribution in [0.3, 0.4) is 0 Å². The van der Waals surface area contributed by atoms with Crippen molar-refractivity contribution in [3.8, 4) is 0 Å². The minimum absolute atomic E-state index is 0.00487. The van der Waals surface area contributed by atoms with Gasteiger partial charge in [-0.15, -0.1) is 0 Å². The fourth-order valence-electron chi connectivity index (χ4n) is 3.47. The van der Waals surface area contributed by atoms with Gasteiger partial charge in [-0.3, -0.25) is 9.59 Å². The Balaban J connectivity index is 4.45. The fourth-order valence-corrected chi connectivity index (χ4v) is 3.47. The standard InChI is InChI=1S/C30H60N2O4/c1-23(2)14-17-36-30(12,13)18-24(33)31-19-27(6,7)21-35-22-28(8,9)20-32-25(34)29(10,11)16-15-26(3,4)5/h23H,14-22H2,1-13H3,(H,31,33)(H,32,34). The van der Waals surface area contributed by atoms with E-state index in [0.717, 1.165) is 19.3 Å². The van der Waals surface area contributed by atoms with Gasteiger partial charge < -0.3 is 20.1 Å². The van der Waals surface area contributed by atoms with Crippen molar-refractivity contribution in [2.24, 2.45) is 27.6 Å². The van der Waals surface area contributed by atoms with Crippen molar-refractivity contribution in [1.29, 1.82) is 0 Å². The summed E-state index contributed by atoms with van der Waals surface area (Å²) in [5, 5.41) is 6.19. The molecule has 0 unspecified atom stereocenters. The van der Waals surface area contributed by atoms with Gasteiger partial charge in [-0.1, -0.05) is 76.2 Å². The molecule has 2 amide bonds. The van der Waals surface area contributed by atoms with Crippen LogP contribution in [0.1, 0.15) is 116 Å². The van der Waals surface area contributed by atoms with Crippen molar-refractivity contribution in [3.05, 3.63) is 0 Å². The summed E-state index contributed by atoms with van der Waals surface area (Å²) in [7, 11) is 0. The zero-order chi connectivity index (χ0) is 28.4. The number of carbonyl (C=O) groups is 2. The lowest BCUT2D eigenvalue weighted by Crippen LogP contribution is -2.44. The molecule has 6 heteroatoms. The third-order valence-electron chi connectivity index (χ3n) is 6.37. The summed E-state index contributed by atoms with van der Waals surface area (Å²) < 4.78 is 12.0. The zero-order valence-corrected chi connectivity index (χ0v) is 26.1. The van der Waals surface area contributed by atoms with Crippen LogP contribution in [0.2, 0.25) is 0 Å². The Morgan fingerprint density at radius 2 is 1.25 bits per heavy atom. The number of rotatable bonds is 17. The quantitative estimate of drug-likeness (QED) is 0.237. The number of hydrogen-bond acceptors (Lipinski definition) is 4. The van der Waals surface area contributed by atoms with E-state index in [-0.39, 0.29) is 28.1 Å². The molecule has 0 fully saturated rings. The molecule has 0 bridgehead atoms. The summed E-state index contributed by atoms with van der Waals surface area (Å²) in [4.78, 5) is 25.3. The van der Waals surface area contributed by atoms with Crippen LogP contribution in [0.25, 0.3) is 0 Å². The molecule has 36 heavy (non-hydrogen) atoms. The minimum Gasteiger partial charge on any atom is -0.380 e. The van der Waals surface area contributed by atoms with Crippen LogP contribution in [0, 0.1) is 27.6 Å². The molecule has 0 aliphatic carbocycles. The van der Waals surface area contributed by atoms with Gasteiger partial charge in [0.25, 0.3) is 0 Å². The molecule has 0 atom stereocenters. The number of carbonyl (C=O) groups excluding carboxylic acids is 2. The SMILES string of the molecule is CC(C)CCOC(C)(C)CC(=O)NCC(C)(C)COCC(C)(C)CNC(=O)C(C)(C)CCC(C)(C)C. The van der Waals surface area contributed by atoms with E-state index in [0.29, 0.717) is 45.2 Å². The molecule has 0 saturated heterocycles. The van der Waals surface area contributed by atoms with Gasteiger partial charge in [-0.25, -0.2) is 0 Å². The molecule has 6 nitrogen and oxygen atoms in total. The molecule has 0 aromatic heterocycles. The zero-order valence-electron chi connectivity index (χ0n) is 26.1. The molecule has 214 valence electrons. The van der Waals surface area contributed by atoms with E-state index in [1.165, 1.54) is 0 Å². The number of nitrogens with one attached hydrogen (secondary N) is 2. The van der Waals surface area contributed by atoms with Crippen LogP contribution in [0.15, 0.2) is 0 Å². The van der Waals surface area contributed by atoms with Crippen molar-refractivity contribution in [2.45, 2.75) is 121 Å². The van der Waals surface area contributed by atoms with Crippen LogP contribution >= 0.6 is 0 Å². The largest absolute Gasteiger partial charge is 0.380 e. The van der Waals surface area contributed by atoms with Crippen molar-refractivity contribution in [1.82, 2.24) is 10.6 Å². The minimum atomic E-state index is -0.477. The third-order valence-corrected chi connectivity index (χ3v) is 6.37. The maximum absolute atomic E-state index is 12.8. The monoisotopic (exact) mass is 512 g/mol. The maximum Gasteiger partial charge on any atom is 0.225 e. The lowest BCUT2D eigenvalue weighted by Gasteiger charge is -2.32. The third kappa shape index (κ3) is 17.3. The number of amides is 2. The lowest BCUT2D eigenvalue weighted by atomic mass is 9.79. The van der Waals surface area contributed by atoms with Crippen LogP contribution in [-0.4, -0.2) is 50.3 Å². The van der Waals surface area contributed by atoms with Crippen LogP contribution in [-0.2, 0) is 19.1 Å². The average Bonchev–Trinajstić information content (AvgIpc) is 2.67. The van der Waals surface area contributed by atoms with Crippen molar-refractivity contribution in [3.63, 3.8) is 0 Å². The highest BCUT2D eigenvalue weighted by molar-refractivity contribution is 5.81. The summed E-state index contributed by atoms with van der Waals surface area (Å²) in [6.45, 7) is 30.1. The number of ether oxygens (including phenoxy) is 2. The topological polar surface area (TPSA) is 76.7 Å². The summed E-state index contributed by atoms with van der Waals surface area (Å²) in [5.41, 5.74) is -1.04. The van der Waals surface area contributed by atoms with E-state index < -0.39 is 11.0 Å². The van der Waals surface area contributed by atoms with E-state index in [2.05, 4.69) is 72.9 Å². The first kappa shape index (κ1) is 34.9. The maximum atomic E-state index is 12.8. The molecule has 2 N–H and O–H groups in total. The molecule has 0 spiro atoms. The number of hydrogen-bond donors (Lipinski definition) is 2. The fraction of sp³-hybridized carbons (Fsp3) is 0.933. The normalized spacial score (nSPS) is 13.7. The Labute approximate surface area is 223 Å². The molecule has 0 aromatic carbocycles. The predicted octanol–water partition coefficient (Wildman–Crippen LogP) is 6.37. The summed E-state index contributed by atoms with van der Waals surface area (Å²) >= 11 is 0. The summed E-state index contributed by atoms with van der Waals surface area (Å²) in [6.07, 6.45) is 3.19. The summed E-state index contributed by atoms with van der Waals surface area (Å²) in [5.74, 6) is 0.677. The van der Waals surface area contributed by atoms with E-state index >= 15 is 0 Å². The Morgan fingerprint density at radius 3 is 1.72 bits per heavy atom. The Bertz CT molecular complexity index is 673. The molecule has 0 aliphatic heterocycles. The highest BCUT2D eigenvalue weighted by atomic mass is 16.5. The van der Waals surface area contributed by atoms with Gasteiger partial charge in [0, 0.05) is 35.9 Å². The van der Waals surface area contributed by atoms with Crippen LogP contribution in [0.4, 0.5) is 0 Å². The Kier molecular flexibility index (Phi) is 13.7. The van der Waals surface area contributed by atoms with Gasteiger partial charge >= 0.3 is 0 Å². The molecular weight excluding hydrogens is 452 g/mol. The first-order valence-corrected chi connectivity index (χ1v) is 13.8. The molecule has 0 aromatic rings. The second-order valence-electron chi connectivity index (χ2n) is 15.2. The molecule has 0 radical (unpaired) electrons. The molecule has 0 saturated carbocycles. The Morgan fingerprint density at radius 1 is 0.750 bits per heavy atom. The average molecular weight is 513 g/mol. The first-order valence-electron chi connectivity index (χ1n) is 13.8. The molecule has 0 heterocycles. The van der Waals surface area contributed by atoms with Crippen molar-refractivity contribution < 1.29 is 19.1 Å². The Hall–Kier alpha value is -1.14. The van der Waals surface area contributed by atoms with Gasteiger partial charge in [0.2, 0.25) is 11.8 Å². The van der Waals surface area contributed by atoms with E-state index in [1.807, 2.05) is 27.7 Å².